The maximum Gasteiger partial charge on any atom is 0.490 e. The SMILES string of the molecule is CCOc1nc(N2CCN(C(C)=O)CC2)ccc1NC(=O)c1coc2c1C(=O)NC1(CNC1)C2.O=C(O)C(F)(F)F. The topological polar surface area (TPSA) is 166 Å². The molecule has 2 aromatic rings. The lowest BCUT2D eigenvalue weighted by atomic mass is 9.82. The van der Waals surface area contributed by atoms with Gasteiger partial charge in [-0.2, -0.15) is 18.2 Å². The number of furan rings is 1. The molecule has 16 heteroatoms. The molecule has 13 nitrogen and oxygen atoms in total. The van der Waals surface area contributed by atoms with Crippen LogP contribution in [0, 0.1) is 0 Å². The molecule has 2 aromatic heterocycles. The van der Waals surface area contributed by atoms with Gasteiger partial charge >= 0.3 is 12.1 Å². The van der Waals surface area contributed by atoms with Crippen molar-refractivity contribution in [2.24, 2.45) is 0 Å². The lowest BCUT2D eigenvalue weighted by Crippen LogP contribution is -2.71. The summed E-state index contributed by atoms with van der Waals surface area (Å²) >= 11 is 0. The summed E-state index contributed by atoms with van der Waals surface area (Å²) in [4.78, 5) is 54.8. The number of carbonyl (C=O) groups excluding carboxylic acids is 3. The van der Waals surface area contributed by atoms with Crippen LogP contribution in [0.5, 0.6) is 5.88 Å². The van der Waals surface area contributed by atoms with Crippen LogP contribution in [0.15, 0.2) is 22.8 Å². The third kappa shape index (κ3) is 6.53. The molecular weight excluding hydrogens is 553 g/mol. The molecule has 0 bridgehead atoms. The number of nitrogens with zero attached hydrogens (tertiary/aromatic N) is 3. The highest BCUT2D eigenvalue weighted by atomic mass is 19.4. The molecule has 0 aromatic carbocycles. The molecule has 222 valence electrons. The predicted octanol–water partition coefficient (Wildman–Crippen LogP) is 1.26. The first kappa shape index (κ1) is 29.6. The molecule has 2 fully saturated rings. The Balaban J connectivity index is 0.000000493. The zero-order valence-corrected chi connectivity index (χ0v) is 22.3. The summed E-state index contributed by atoms with van der Waals surface area (Å²) < 4.78 is 43.1. The van der Waals surface area contributed by atoms with E-state index in [-0.39, 0.29) is 28.5 Å². The summed E-state index contributed by atoms with van der Waals surface area (Å²) in [6.07, 6.45) is -3.20. The number of aromatic nitrogens is 1. The standard InChI is InChI=1S/C23H28N6O5.C2HF3O2/c1-3-33-22-16(4-5-18(26-22)29-8-6-28(7-9-29)14(2)30)25-20(31)15-11-34-17-10-23(12-24-13-23)27-21(32)19(15)17;3-2(4,5)1(6)7/h4-5,11,24H,3,6-10,12-13H2,1-2H3,(H,25,31)(H,27,32);(H,6,7). The normalized spacial score (nSPS) is 17.4. The van der Waals surface area contributed by atoms with Crippen LogP contribution < -0.4 is 25.6 Å². The molecule has 3 aliphatic heterocycles. The van der Waals surface area contributed by atoms with E-state index in [2.05, 4.69) is 25.8 Å². The zero-order chi connectivity index (χ0) is 29.9. The highest BCUT2D eigenvalue weighted by molar-refractivity contribution is 6.13. The highest BCUT2D eigenvalue weighted by Gasteiger charge is 2.45. The number of carbonyl (C=O) groups is 4. The van der Waals surface area contributed by atoms with Crippen molar-refractivity contribution in [3.63, 3.8) is 0 Å². The number of anilines is 2. The minimum Gasteiger partial charge on any atom is -0.476 e. The third-order valence-electron chi connectivity index (χ3n) is 6.81. The molecule has 0 saturated carbocycles. The van der Waals surface area contributed by atoms with Gasteiger partial charge in [-0.15, -0.1) is 0 Å². The van der Waals surface area contributed by atoms with Crippen molar-refractivity contribution in [3.8, 4) is 5.88 Å². The summed E-state index contributed by atoms with van der Waals surface area (Å²) in [6, 6.07) is 3.55. The van der Waals surface area contributed by atoms with Gasteiger partial charge in [0.2, 0.25) is 11.8 Å². The molecule has 0 atom stereocenters. The molecule has 0 unspecified atom stereocenters. The van der Waals surface area contributed by atoms with Crippen LogP contribution in [0.2, 0.25) is 0 Å². The fraction of sp³-hybridized carbons (Fsp3) is 0.480. The lowest BCUT2D eigenvalue weighted by Gasteiger charge is -2.45. The van der Waals surface area contributed by atoms with Crippen molar-refractivity contribution < 1.29 is 46.6 Å². The van der Waals surface area contributed by atoms with E-state index in [1.807, 2.05) is 13.0 Å². The molecule has 5 rings (SSSR count). The molecule has 2 saturated heterocycles. The Labute approximate surface area is 232 Å². The average molecular weight is 583 g/mol. The van der Waals surface area contributed by atoms with Gasteiger partial charge in [-0.1, -0.05) is 0 Å². The van der Waals surface area contributed by atoms with Crippen molar-refractivity contribution in [2.45, 2.75) is 32.0 Å². The molecule has 1 spiro atoms. The Bertz CT molecular complexity index is 1330. The van der Waals surface area contributed by atoms with Gasteiger partial charge in [0.25, 0.3) is 11.8 Å². The van der Waals surface area contributed by atoms with Crippen molar-refractivity contribution >= 4 is 35.2 Å². The number of amides is 3. The van der Waals surface area contributed by atoms with Crippen molar-refractivity contribution in [2.75, 3.05) is 56.1 Å². The summed E-state index contributed by atoms with van der Waals surface area (Å²) in [7, 11) is 0. The molecule has 0 aliphatic carbocycles. The highest BCUT2D eigenvalue weighted by Crippen LogP contribution is 2.32. The van der Waals surface area contributed by atoms with E-state index in [0.29, 0.717) is 75.4 Å². The van der Waals surface area contributed by atoms with Gasteiger partial charge in [0, 0.05) is 52.6 Å². The minimum atomic E-state index is -5.08. The van der Waals surface area contributed by atoms with Crippen LogP contribution in [-0.2, 0) is 16.0 Å². The Morgan fingerprint density at radius 3 is 2.39 bits per heavy atom. The van der Waals surface area contributed by atoms with Crippen LogP contribution in [-0.4, -0.2) is 96.3 Å². The number of nitrogens with one attached hydrogen (secondary N) is 3. The number of pyridine rings is 1. The average Bonchev–Trinajstić information content (AvgIpc) is 3.33. The minimum absolute atomic E-state index is 0.0651. The summed E-state index contributed by atoms with van der Waals surface area (Å²) in [5.41, 5.74) is 0.541. The van der Waals surface area contributed by atoms with Crippen LogP contribution >= 0.6 is 0 Å². The number of carboxylic acids is 1. The second-order valence-corrected chi connectivity index (χ2v) is 9.67. The van der Waals surface area contributed by atoms with Crippen LogP contribution in [0.1, 0.15) is 40.3 Å². The number of hydrogen-bond donors (Lipinski definition) is 4. The molecule has 3 aliphatic rings. The fourth-order valence-electron chi connectivity index (χ4n) is 4.63. The van der Waals surface area contributed by atoms with Gasteiger partial charge in [0.05, 0.1) is 23.3 Å². The van der Waals surface area contributed by atoms with E-state index in [9.17, 15) is 27.6 Å². The van der Waals surface area contributed by atoms with Crippen molar-refractivity contribution in [3.05, 3.63) is 35.3 Å². The number of hydrogen-bond acceptors (Lipinski definition) is 9. The number of alkyl halides is 3. The molecule has 3 amide bonds. The van der Waals surface area contributed by atoms with Crippen LogP contribution in [0.4, 0.5) is 24.7 Å². The van der Waals surface area contributed by atoms with Crippen LogP contribution in [0.3, 0.4) is 0 Å². The number of piperazine rings is 1. The molecule has 41 heavy (non-hydrogen) atoms. The molecule has 4 N–H and O–H groups in total. The van der Waals surface area contributed by atoms with E-state index in [0.717, 1.165) is 0 Å². The number of carboxylic acid groups (broad SMARTS) is 1. The fourth-order valence-corrected chi connectivity index (χ4v) is 4.63. The van der Waals surface area contributed by atoms with Gasteiger partial charge in [0.1, 0.15) is 23.5 Å². The van der Waals surface area contributed by atoms with Crippen molar-refractivity contribution in [1.82, 2.24) is 20.5 Å². The largest absolute Gasteiger partial charge is 0.490 e. The number of rotatable bonds is 5. The summed E-state index contributed by atoms with van der Waals surface area (Å²) in [5.74, 6) is -1.92. The monoisotopic (exact) mass is 582 g/mol. The van der Waals surface area contributed by atoms with Gasteiger partial charge in [-0.05, 0) is 19.1 Å². The lowest BCUT2D eigenvalue weighted by molar-refractivity contribution is -0.192. The van der Waals surface area contributed by atoms with Gasteiger partial charge in [0.15, 0.2) is 0 Å². The first-order valence-corrected chi connectivity index (χ1v) is 12.7. The van der Waals surface area contributed by atoms with E-state index in [1.165, 1.54) is 6.26 Å². The smallest absolute Gasteiger partial charge is 0.476 e. The van der Waals surface area contributed by atoms with Crippen LogP contribution in [0.25, 0.3) is 0 Å². The van der Waals surface area contributed by atoms with Crippen molar-refractivity contribution in [1.29, 1.82) is 0 Å². The number of halogens is 3. The Kier molecular flexibility index (Phi) is 8.42. The first-order chi connectivity index (χ1) is 19.3. The van der Waals surface area contributed by atoms with E-state index >= 15 is 0 Å². The summed E-state index contributed by atoms with van der Waals surface area (Å²) in [5, 5.41) is 16.1. The van der Waals surface area contributed by atoms with Gasteiger partial charge < -0.3 is 40.0 Å². The molecule has 0 radical (unpaired) electrons. The molecular formula is C25H29F3N6O7. The van der Waals surface area contributed by atoms with E-state index in [1.54, 1.807) is 17.9 Å². The maximum absolute atomic E-state index is 13.1. The maximum atomic E-state index is 13.1. The third-order valence-corrected chi connectivity index (χ3v) is 6.81. The van der Waals surface area contributed by atoms with E-state index in [4.69, 9.17) is 19.1 Å². The number of aliphatic carboxylic acids is 1. The summed E-state index contributed by atoms with van der Waals surface area (Å²) in [6.45, 7) is 7.73. The Morgan fingerprint density at radius 1 is 1.20 bits per heavy atom. The second kappa shape index (κ2) is 11.6. The Hall–Kier alpha value is -4.34. The Morgan fingerprint density at radius 2 is 1.85 bits per heavy atom. The second-order valence-electron chi connectivity index (χ2n) is 9.67. The van der Waals surface area contributed by atoms with Gasteiger partial charge in [-0.3, -0.25) is 14.4 Å². The number of fused-ring (bicyclic) bond motifs is 1. The van der Waals surface area contributed by atoms with Gasteiger partial charge in [-0.25, -0.2) is 4.79 Å². The number of ether oxygens (including phenoxy) is 1. The predicted molar refractivity (Wildman–Crippen MR) is 137 cm³/mol. The van der Waals surface area contributed by atoms with E-state index < -0.39 is 18.1 Å². The quantitative estimate of drug-likeness (QED) is 0.403. The molecule has 5 heterocycles. The zero-order valence-electron chi connectivity index (χ0n) is 22.3. The first-order valence-electron chi connectivity index (χ1n) is 12.7.